The lowest BCUT2D eigenvalue weighted by atomic mass is 9.71. The molecule has 0 amide bonds. The number of nitro groups is 1. The van der Waals surface area contributed by atoms with E-state index in [1.807, 2.05) is 45.0 Å². The number of carbonyl (C=O) groups is 1. The number of hydrogen-bond acceptors (Lipinski definition) is 5. The molecule has 1 heterocycles. The van der Waals surface area contributed by atoms with Crippen LogP contribution in [-0.2, 0) is 9.53 Å². The molecule has 0 unspecified atom stereocenters. The van der Waals surface area contributed by atoms with Crippen molar-refractivity contribution in [2.45, 2.75) is 39.5 Å². The maximum absolute atomic E-state index is 12.9. The van der Waals surface area contributed by atoms with Crippen molar-refractivity contribution < 1.29 is 14.5 Å². The summed E-state index contributed by atoms with van der Waals surface area (Å²) in [6.45, 7) is 5.96. The Kier molecular flexibility index (Phi) is 4.14. The largest absolute Gasteiger partial charge is 0.440 e. The molecular formula is C19H22N2O4. The van der Waals surface area contributed by atoms with Gasteiger partial charge in [0, 0.05) is 19.9 Å². The summed E-state index contributed by atoms with van der Waals surface area (Å²) in [5.74, 6) is -0.140. The molecule has 6 heteroatoms. The lowest BCUT2D eigenvalue weighted by Crippen LogP contribution is -2.35. The molecule has 1 aliphatic heterocycles. The second kappa shape index (κ2) is 6.02. The Morgan fingerprint density at radius 1 is 1.24 bits per heavy atom. The van der Waals surface area contributed by atoms with E-state index in [1.165, 1.54) is 0 Å². The highest BCUT2D eigenvalue weighted by Gasteiger charge is 2.47. The fourth-order valence-electron chi connectivity index (χ4n) is 3.58. The zero-order chi connectivity index (χ0) is 18.4. The minimum atomic E-state index is -0.717. The third kappa shape index (κ3) is 3.04. The van der Waals surface area contributed by atoms with Crippen LogP contribution in [0.3, 0.4) is 0 Å². The van der Waals surface area contributed by atoms with E-state index in [-0.39, 0.29) is 22.8 Å². The van der Waals surface area contributed by atoms with Gasteiger partial charge < -0.3 is 10.1 Å². The molecule has 3 rings (SSSR count). The molecule has 1 aliphatic carbocycles. The second-order valence-electron chi connectivity index (χ2n) is 7.45. The number of ether oxygens (including phenoxy) is 1. The van der Waals surface area contributed by atoms with Crippen LogP contribution in [0.25, 0.3) is 0 Å². The van der Waals surface area contributed by atoms with Gasteiger partial charge in [0.15, 0.2) is 5.78 Å². The van der Waals surface area contributed by atoms with Crippen LogP contribution in [0.5, 0.6) is 0 Å². The van der Waals surface area contributed by atoms with Gasteiger partial charge in [-0.25, -0.2) is 0 Å². The van der Waals surface area contributed by atoms with Gasteiger partial charge in [0.1, 0.15) is 11.7 Å². The first kappa shape index (κ1) is 17.2. The maximum Gasteiger partial charge on any atom is 0.317 e. The molecule has 1 aromatic carbocycles. The predicted octanol–water partition coefficient (Wildman–Crippen LogP) is 3.42. The van der Waals surface area contributed by atoms with E-state index in [1.54, 1.807) is 7.05 Å². The van der Waals surface area contributed by atoms with Crippen molar-refractivity contribution >= 4 is 5.78 Å². The third-order valence-electron chi connectivity index (χ3n) is 4.73. The van der Waals surface area contributed by atoms with Gasteiger partial charge in [-0.1, -0.05) is 43.7 Å². The van der Waals surface area contributed by atoms with Crippen LogP contribution < -0.4 is 5.32 Å². The van der Waals surface area contributed by atoms with Crippen LogP contribution in [0, 0.1) is 22.5 Å². The number of benzene rings is 1. The third-order valence-corrected chi connectivity index (χ3v) is 4.73. The van der Waals surface area contributed by atoms with E-state index >= 15 is 0 Å². The zero-order valence-corrected chi connectivity index (χ0v) is 14.9. The molecule has 0 saturated heterocycles. The molecular weight excluding hydrogens is 320 g/mol. The highest BCUT2D eigenvalue weighted by atomic mass is 16.6. The minimum absolute atomic E-state index is 0.0775. The quantitative estimate of drug-likeness (QED) is 0.672. The Morgan fingerprint density at radius 3 is 2.44 bits per heavy atom. The molecule has 0 spiro atoms. The van der Waals surface area contributed by atoms with Crippen molar-refractivity contribution in [2.24, 2.45) is 5.41 Å². The van der Waals surface area contributed by atoms with Crippen molar-refractivity contribution in [1.82, 2.24) is 5.32 Å². The molecule has 0 saturated carbocycles. The van der Waals surface area contributed by atoms with Crippen LogP contribution in [0.1, 0.15) is 43.7 Å². The molecule has 1 atom stereocenters. The Hall–Kier alpha value is -2.63. The first-order chi connectivity index (χ1) is 11.7. The standard InChI is InChI=1S/C19H22N2O4/c1-11-5-7-12(8-6-11)15-16-13(22)9-19(2,3)10-14(16)25-18(20-4)17(15)21(23)24/h5-8,15,20H,9-10H2,1-4H3/t15-/m1/s1. The maximum atomic E-state index is 12.9. The van der Waals surface area contributed by atoms with Gasteiger partial charge in [0.25, 0.3) is 5.88 Å². The molecule has 2 aliphatic rings. The highest BCUT2D eigenvalue weighted by Crippen LogP contribution is 2.48. The minimum Gasteiger partial charge on any atom is -0.440 e. The van der Waals surface area contributed by atoms with Crippen molar-refractivity contribution in [3.8, 4) is 0 Å². The average molecular weight is 342 g/mol. The lowest BCUT2D eigenvalue weighted by molar-refractivity contribution is -0.433. The smallest absolute Gasteiger partial charge is 0.317 e. The molecule has 6 nitrogen and oxygen atoms in total. The molecule has 1 aromatic rings. The number of aryl methyl sites for hydroxylation is 1. The van der Waals surface area contributed by atoms with Crippen molar-refractivity contribution in [3.63, 3.8) is 0 Å². The van der Waals surface area contributed by atoms with Gasteiger partial charge >= 0.3 is 5.70 Å². The Balaban J connectivity index is 2.22. The summed E-state index contributed by atoms with van der Waals surface area (Å²) in [5, 5.41) is 14.6. The first-order valence-electron chi connectivity index (χ1n) is 8.30. The monoisotopic (exact) mass is 342 g/mol. The summed E-state index contributed by atoms with van der Waals surface area (Å²) in [5.41, 5.74) is 1.88. The molecule has 0 radical (unpaired) electrons. The van der Waals surface area contributed by atoms with Crippen LogP contribution in [-0.4, -0.2) is 17.8 Å². The number of Topliss-reactive ketones (excluding diaryl/α,β-unsaturated/α-hetero) is 1. The fourth-order valence-corrected chi connectivity index (χ4v) is 3.58. The van der Waals surface area contributed by atoms with Gasteiger partial charge in [-0.05, 0) is 17.9 Å². The number of carbonyl (C=O) groups excluding carboxylic acids is 1. The summed E-state index contributed by atoms with van der Waals surface area (Å²) in [6.07, 6.45) is 0.935. The van der Waals surface area contributed by atoms with Crippen molar-refractivity contribution in [3.05, 3.63) is 68.4 Å². The van der Waals surface area contributed by atoms with E-state index in [0.717, 1.165) is 11.1 Å². The van der Waals surface area contributed by atoms with E-state index in [0.29, 0.717) is 24.2 Å². The van der Waals surface area contributed by atoms with Crippen molar-refractivity contribution in [2.75, 3.05) is 7.05 Å². The van der Waals surface area contributed by atoms with Gasteiger partial charge in [0.05, 0.1) is 10.5 Å². The molecule has 0 fully saturated rings. The number of hydrogen-bond donors (Lipinski definition) is 1. The van der Waals surface area contributed by atoms with E-state index in [9.17, 15) is 14.9 Å². The summed E-state index contributed by atoms with van der Waals surface area (Å²) >= 11 is 0. The van der Waals surface area contributed by atoms with E-state index in [2.05, 4.69) is 5.32 Å². The number of ketones is 1. The molecule has 132 valence electrons. The number of allylic oxidation sites excluding steroid dienone is 2. The van der Waals surface area contributed by atoms with Crippen molar-refractivity contribution in [1.29, 1.82) is 0 Å². The van der Waals surface area contributed by atoms with Gasteiger partial charge in [-0.2, -0.15) is 0 Å². The van der Waals surface area contributed by atoms with Crippen LogP contribution in [0.2, 0.25) is 0 Å². The van der Waals surface area contributed by atoms with Gasteiger partial charge in [0.2, 0.25) is 0 Å². The Labute approximate surface area is 146 Å². The fraction of sp³-hybridized carbons (Fsp3) is 0.421. The van der Waals surface area contributed by atoms with Crippen LogP contribution in [0.4, 0.5) is 0 Å². The summed E-state index contributed by atoms with van der Waals surface area (Å²) < 4.78 is 5.78. The normalized spacial score (nSPS) is 22.4. The SMILES string of the molecule is CNC1=C([N+](=O)[O-])[C@H](c2ccc(C)cc2)C2=C(CC(C)(C)CC2=O)O1. The average Bonchev–Trinajstić information content (AvgIpc) is 2.52. The molecule has 1 N–H and O–H groups in total. The topological polar surface area (TPSA) is 81.5 Å². The number of rotatable bonds is 3. The van der Waals surface area contributed by atoms with Crippen LogP contribution in [0.15, 0.2) is 47.2 Å². The van der Waals surface area contributed by atoms with Gasteiger partial charge in [-0.15, -0.1) is 0 Å². The molecule has 0 bridgehead atoms. The van der Waals surface area contributed by atoms with E-state index < -0.39 is 10.8 Å². The highest BCUT2D eigenvalue weighted by molar-refractivity contribution is 5.99. The van der Waals surface area contributed by atoms with E-state index in [4.69, 9.17) is 4.74 Å². The number of nitrogens with one attached hydrogen (secondary N) is 1. The second-order valence-corrected chi connectivity index (χ2v) is 7.45. The Morgan fingerprint density at radius 2 is 1.88 bits per heavy atom. The van der Waals surface area contributed by atoms with Gasteiger partial charge in [-0.3, -0.25) is 14.9 Å². The summed E-state index contributed by atoms with van der Waals surface area (Å²) in [7, 11) is 1.59. The summed E-state index contributed by atoms with van der Waals surface area (Å²) in [4.78, 5) is 24.2. The summed E-state index contributed by atoms with van der Waals surface area (Å²) in [6, 6.07) is 7.50. The molecule has 0 aromatic heterocycles. The number of nitrogens with zero attached hydrogens (tertiary/aromatic N) is 1. The first-order valence-corrected chi connectivity index (χ1v) is 8.30. The molecule has 25 heavy (non-hydrogen) atoms. The zero-order valence-electron chi connectivity index (χ0n) is 14.9. The Bertz CT molecular complexity index is 803. The predicted molar refractivity (Wildman–Crippen MR) is 93.1 cm³/mol. The van der Waals surface area contributed by atoms with Crippen LogP contribution >= 0.6 is 0 Å². The lowest BCUT2D eigenvalue weighted by Gasteiger charge is -2.36.